The van der Waals surface area contributed by atoms with Crippen molar-refractivity contribution in [1.82, 2.24) is 5.32 Å². The molecule has 0 atom stereocenters. The number of carbonyl (C=O) groups is 1. The first kappa shape index (κ1) is 28.6. The van der Waals surface area contributed by atoms with Gasteiger partial charge in [-0.05, 0) is 18.4 Å². The maximum atomic E-state index is 11.0. The number of carbonyl (C=O) groups excluding carboxylic acids is 1. The van der Waals surface area contributed by atoms with E-state index in [0.29, 0.717) is 0 Å². The number of rotatable bonds is 10. The Kier molecular flexibility index (Phi) is 17.9. The molecule has 9 heteroatoms. The van der Waals surface area contributed by atoms with Gasteiger partial charge in [0.1, 0.15) is 0 Å². The predicted molar refractivity (Wildman–Crippen MR) is 86.0 cm³/mol. The van der Waals surface area contributed by atoms with Gasteiger partial charge in [-0.2, -0.15) is 7.82 Å². The van der Waals surface area contributed by atoms with E-state index in [2.05, 4.69) is 39.8 Å². The highest BCUT2D eigenvalue weighted by Gasteiger charge is 2.16. The third kappa shape index (κ3) is 24.0. The van der Waals surface area contributed by atoms with Crippen LogP contribution in [0.1, 0.15) is 39.5 Å². The summed E-state index contributed by atoms with van der Waals surface area (Å²) in [5, 5.41) is 2.83. The number of nitrogens with zero attached hydrogens (tertiary/aromatic N) is 1. The molecule has 1 N–H and O–H groups in total. The lowest BCUT2D eigenvalue weighted by molar-refractivity contribution is -0.891. The molecule has 0 unspecified atom stereocenters. The van der Waals surface area contributed by atoms with Crippen LogP contribution in [-0.2, 0) is 9.36 Å². The van der Waals surface area contributed by atoms with Crippen LogP contribution in [0.5, 0.6) is 0 Å². The van der Waals surface area contributed by atoms with Crippen LogP contribution in [0.2, 0.25) is 0 Å². The first-order valence-electron chi connectivity index (χ1n) is 7.90. The molecule has 0 aliphatic heterocycles. The topological polar surface area (TPSA) is 115 Å². The van der Waals surface area contributed by atoms with Gasteiger partial charge < -0.3 is 46.0 Å². The largest absolute Gasteiger partial charge is 1.00 e. The second-order valence-corrected chi connectivity index (χ2v) is 7.04. The molecule has 0 radical (unpaired) electrons. The average molecular weight is 430 g/mol. The van der Waals surface area contributed by atoms with Gasteiger partial charge in [0, 0.05) is 13.0 Å². The van der Waals surface area contributed by atoms with Crippen molar-refractivity contribution in [3.8, 4) is 0 Å². The van der Waals surface area contributed by atoms with Crippen molar-refractivity contribution in [2.75, 3.05) is 33.7 Å². The highest BCUT2D eigenvalue weighted by Crippen LogP contribution is 2.14. The maximum absolute atomic E-state index is 11.0. The normalized spacial score (nSPS) is 11.2. The van der Waals surface area contributed by atoms with Crippen molar-refractivity contribution in [1.29, 1.82) is 0 Å². The highest BCUT2D eigenvalue weighted by atomic mass is 79.9. The molecule has 1 amide bonds. The second-order valence-electron chi connectivity index (χ2n) is 6.15. The Bertz CT molecular complexity index is 376. The van der Waals surface area contributed by atoms with Crippen LogP contribution in [0.3, 0.4) is 0 Å². The molecule has 0 aromatic carbocycles. The minimum Gasteiger partial charge on any atom is -1.00 e. The van der Waals surface area contributed by atoms with E-state index in [4.69, 9.17) is 19.2 Å². The fraction of sp³-hybridized carbons (Fsp3) is 0.800. The number of phosphoric acid groups is 1. The fourth-order valence-electron chi connectivity index (χ4n) is 2.13. The number of quaternary nitrogens is 1. The third-order valence-corrected chi connectivity index (χ3v) is 3.72. The van der Waals surface area contributed by atoms with E-state index in [1.165, 1.54) is 31.9 Å². The van der Waals surface area contributed by atoms with Gasteiger partial charge in [0.15, 0.2) is 0 Å². The first-order valence-corrected chi connectivity index (χ1v) is 9.36. The Labute approximate surface area is 156 Å². The molecule has 146 valence electrons. The van der Waals surface area contributed by atoms with E-state index in [1.807, 2.05) is 0 Å². The van der Waals surface area contributed by atoms with E-state index in [9.17, 15) is 4.79 Å². The summed E-state index contributed by atoms with van der Waals surface area (Å²) in [5.41, 5.74) is 0. The fourth-order valence-corrected chi connectivity index (χ4v) is 2.13. The van der Waals surface area contributed by atoms with Crippen molar-refractivity contribution in [3.63, 3.8) is 0 Å². The summed E-state index contributed by atoms with van der Waals surface area (Å²) in [6.45, 7) is 11.1. The van der Waals surface area contributed by atoms with Crippen LogP contribution in [0.15, 0.2) is 12.7 Å². The lowest BCUT2D eigenvalue weighted by Crippen LogP contribution is -3.00. The number of hydrogen-bond acceptors (Lipinski definition) is 5. The second kappa shape index (κ2) is 15.0. The minimum atomic E-state index is -5.39. The molecule has 0 rings (SSSR count). The number of halogens is 1. The minimum absolute atomic E-state index is 0. The Morgan fingerprint density at radius 2 is 1.67 bits per heavy atom. The van der Waals surface area contributed by atoms with Crippen molar-refractivity contribution in [3.05, 3.63) is 12.7 Å². The number of amides is 1. The Morgan fingerprint density at radius 3 is 2.04 bits per heavy atom. The molecule has 0 aliphatic rings. The molecule has 0 saturated heterocycles. The molecule has 0 aromatic rings. The van der Waals surface area contributed by atoms with E-state index < -0.39 is 7.82 Å². The Morgan fingerprint density at radius 1 is 1.21 bits per heavy atom. The van der Waals surface area contributed by atoms with Crippen molar-refractivity contribution in [2.45, 2.75) is 39.5 Å². The molecular weight excluding hydrogens is 399 g/mol. The predicted octanol–water partition coefficient (Wildman–Crippen LogP) is -3.24. The van der Waals surface area contributed by atoms with Crippen molar-refractivity contribution >= 4 is 13.7 Å². The first-order chi connectivity index (χ1) is 10.4. The van der Waals surface area contributed by atoms with Crippen LogP contribution in [0, 0.1) is 5.92 Å². The quantitative estimate of drug-likeness (QED) is 0.169. The van der Waals surface area contributed by atoms with Gasteiger partial charge in [0.2, 0.25) is 5.91 Å². The molecule has 0 bridgehead atoms. The lowest BCUT2D eigenvalue weighted by atomic mass is 9.99. The summed E-state index contributed by atoms with van der Waals surface area (Å²) >= 11 is 0. The van der Waals surface area contributed by atoms with E-state index in [0.717, 1.165) is 29.9 Å². The summed E-state index contributed by atoms with van der Waals surface area (Å²) in [5.74, 6) is 0.792. The van der Waals surface area contributed by atoms with Crippen molar-refractivity contribution in [2.24, 2.45) is 5.92 Å². The third-order valence-electron chi connectivity index (χ3n) is 3.72. The van der Waals surface area contributed by atoms with Crippen LogP contribution in [0.4, 0.5) is 0 Å². The van der Waals surface area contributed by atoms with E-state index in [-0.39, 0.29) is 22.9 Å². The van der Waals surface area contributed by atoms with Crippen LogP contribution in [0.25, 0.3) is 0 Å². The molecule has 7 nitrogen and oxygen atoms in total. The monoisotopic (exact) mass is 429 g/mol. The van der Waals surface area contributed by atoms with Gasteiger partial charge in [-0.1, -0.05) is 33.3 Å². The molecular formula is C15H31BrN2O5P-3. The Hall–Kier alpha value is -0.240. The van der Waals surface area contributed by atoms with Gasteiger partial charge in [0.25, 0.3) is 0 Å². The number of hydrogen-bond donors (Lipinski definition) is 1. The summed E-state index contributed by atoms with van der Waals surface area (Å²) in [4.78, 5) is 36.6. The SMILES string of the molecule is C=CC(=O)NCCC[N+](C)(C)CCC(CC)CC.O=P([O-])([O-])[O-].[Br-]. The van der Waals surface area contributed by atoms with Gasteiger partial charge in [-0.3, -0.25) is 4.79 Å². The molecule has 0 fully saturated rings. The van der Waals surface area contributed by atoms with Crippen LogP contribution in [-0.4, -0.2) is 44.1 Å². The smallest absolute Gasteiger partial charge is 0.243 e. The summed E-state index contributed by atoms with van der Waals surface area (Å²) in [6.07, 6.45) is 6.22. The highest BCUT2D eigenvalue weighted by molar-refractivity contribution is 7.40. The summed E-state index contributed by atoms with van der Waals surface area (Å²) in [7, 11) is -0.838. The van der Waals surface area contributed by atoms with Crippen LogP contribution >= 0.6 is 7.82 Å². The molecule has 0 heterocycles. The number of nitrogens with one attached hydrogen (secondary N) is 1. The molecule has 24 heavy (non-hydrogen) atoms. The van der Waals surface area contributed by atoms with E-state index in [1.54, 1.807) is 0 Å². The zero-order valence-electron chi connectivity index (χ0n) is 15.1. The molecule has 0 saturated carbocycles. The molecule has 0 spiro atoms. The standard InChI is InChI=1S/C15H30N2O.BrH.H3O4P/c1-6-14(7-2)10-13-17(4,5)12-9-11-16-15(18)8-3;;1-5(2,3)4/h8,14H,3,6-7,9-13H2,1-2,4-5H3;1H;(H3,1,2,3,4)/p-3. The van der Waals surface area contributed by atoms with Crippen LogP contribution < -0.4 is 37.0 Å². The van der Waals surface area contributed by atoms with Crippen molar-refractivity contribution < 1.29 is 45.5 Å². The van der Waals surface area contributed by atoms with Gasteiger partial charge in [-0.25, -0.2) is 0 Å². The Balaban J connectivity index is -0.000000639. The summed E-state index contributed by atoms with van der Waals surface area (Å²) < 4.78 is 9.59. The lowest BCUT2D eigenvalue weighted by Gasteiger charge is -2.36. The average Bonchev–Trinajstić information content (AvgIpc) is 2.42. The zero-order chi connectivity index (χ0) is 18.5. The van der Waals surface area contributed by atoms with Gasteiger partial charge in [0.05, 0.1) is 27.2 Å². The maximum Gasteiger partial charge on any atom is 0.243 e. The van der Waals surface area contributed by atoms with Gasteiger partial charge >= 0.3 is 0 Å². The van der Waals surface area contributed by atoms with E-state index >= 15 is 0 Å². The van der Waals surface area contributed by atoms with Gasteiger partial charge in [-0.15, -0.1) is 0 Å². The summed E-state index contributed by atoms with van der Waals surface area (Å²) in [6, 6.07) is 0. The molecule has 0 aliphatic carbocycles. The molecule has 0 aromatic heterocycles. The zero-order valence-corrected chi connectivity index (χ0v) is 17.6.